The van der Waals surface area contributed by atoms with Gasteiger partial charge in [0.15, 0.2) is 0 Å². The first kappa shape index (κ1) is 33.5. The smallest absolute Gasteiger partial charge is 0.128 e. The topological polar surface area (TPSA) is 49.7 Å². The second-order valence-electron chi connectivity index (χ2n) is 16.9. The number of aliphatic hydroxyl groups is 2. The van der Waals surface area contributed by atoms with Crippen molar-refractivity contribution in [2.45, 2.75) is 129 Å². The lowest BCUT2D eigenvalue weighted by molar-refractivity contribution is 0.280. The summed E-state index contributed by atoms with van der Waals surface area (Å²) in [5.41, 5.74) is 12.6. The molecule has 0 aliphatic heterocycles. The summed E-state index contributed by atoms with van der Waals surface area (Å²) in [6.45, 7) is 19.1. The molecule has 0 aromatic heterocycles. The van der Waals surface area contributed by atoms with Crippen LogP contribution in [0.5, 0.6) is 11.5 Å². The van der Waals surface area contributed by atoms with Gasteiger partial charge in [0.2, 0.25) is 0 Å². The van der Waals surface area contributed by atoms with Gasteiger partial charge in [0.05, 0.1) is 13.2 Å². The Hall–Kier alpha value is -3.40. The van der Waals surface area contributed by atoms with Crippen molar-refractivity contribution in [1.82, 2.24) is 0 Å². The minimum Gasteiger partial charge on any atom is -0.457 e. The van der Waals surface area contributed by atoms with E-state index < -0.39 is 0 Å². The number of hydrogen-bond donors (Lipinski definition) is 2. The minimum atomic E-state index is 0.0243. The molecule has 0 saturated carbocycles. The molecule has 0 atom stereocenters. The third kappa shape index (κ3) is 6.42. The largest absolute Gasteiger partial charge is 0.457 e. The third-order valence-corrected chi connectivity index (χ3v) is 11.5. The van der Waals surface area contributed by atoms with Gasteiger partial charge in [-0.3, -0.25) is 0 Å². The molecule has 2 N–H and O–H groups in total. The zero-order valence-electron chi connectivity index (χ0n) is 29.9. The van der Waals surface area contributed by atoms with Gasteiger partial charge in [-0.1, -0.05) is 104 Å². The van der Waals surface area contributed by atoms with Crippen LogP contribution in [-0.2, 0) is 47.7 Å². The predicted octanol–water partition coefficient (Wildman–Crippen LogP) is 10.3. The van der Waals surface area contributed by atoms with Crippen molar-refractivity contribution in [1.29, 1.82) is 0 Å². The molecular weight excluding hydrogens is 576 g/mol. The molecule has 0 bridgehead atoms. The highest BCUT2D eigenvalue weighted by Gasteiger charge is 2.41. The molecule has 2 aliphatic rings. The van der Waals surface area contributed by atoms with E-state index in [1.165, 1.54) is 33.4 Å². The second kappa shape index (κ2) is 12.2. The monoisotopic (exact) mass is 630 g/mol. The molecule has 0 saturated heterocycles. The quantitative estimate of drug-likeness (QED) is 0.204. The lowest BCUT2D eigenvalue weighted by Crippen LogP contribution is -2.35. The summed E-state index contributed by atoms with van der Waals surface area (Å²) in [6, 6.07) is 25.7. The van der Waals surface area contributed by atoms with Crippen molar-refractivity contribution in [2.75, 3.05) is 0 Å². The lowest BCUT2D eigenvalue weighted by Gasteiger charge is -2.44. The molecule has 0 unspecified atom stereocenters. The van der Waals surface area contributed by atoms with Gasteiger partial charge in [-0.25, -0.2) is 0 Å². The van der Waals surface area contributed by atoms with E-state index in [9.17, 15) is 10.2 Å². The summed E-state index contributed by atoms with van der Waals surface area (Å²) < 4.78 is 7.00. The standard InChI is InChI=1S/C44H54O3/c1-41(2)17-19-43(5,6)39-33(21-29-13-9-11-15-31(29)27-45)23-35(25-37(39)41)47-36-24-34(22-30-14-10-12-16-32(30)28-46)40-38(26-36)42(3,4)18-20-44(40,7)8/h9-16,23-26,45-46H,17-22,27-28H2,1-8H3. The first-order valence-corrected chi connectivity index (χ1v) is 17.5. The van der Waals surface area contributed by atoms with E-state index >= 15 is 0 Å². The SMILES string of the molecule is CC1(C)CCC(C)(C)c2c(Cc3ccccc3CO)cc(Oc3cc(Cc4ccccc4CO)c4c(c3)C(C)(C)CCC4(C)C)cc21. The molecule has 0 amide bonds. The molecule has 3 nitrogen and oxygen atoms in total. The van der Waals surface area contributed by atoms with Crippen LogP contribution in [0, 0.1) is 0 Å². The molecule has 4 aromatic carbocycles. The Morgan fingerprint density at radius 3 is 1.17 bits per heavy atom. The number of ether oxygens (including phenoxy) is 1. The maximum absolute atomic E-state index is 10.2. The van der Waals surface area contributed by atoms with Crippen LogP contribution in [0.2, 0.25) is 0 Å². The summed E-state index contributed by atoms with van der Waals surface area (Å²) in [6.07, 6.45) is 6.03. The van der Waals surface area contributed by atoms with Crippen LogP contribution in [0.3, 0.4) is 0 Å². The van der Waals surface area contributed by atoms with Crippen molar-refractivity contribution < 1.29 is 14.9 Å². The molecular formula is C44H54O3. The maximum Gasteiger partial charge on any atom is 0.128 e. The van der Waals surface area contributed by atoms with Crippen LogP contribution in [-0.4, -0.2) is 10.2 Å². The summed E-state index contributed by atoms with van der Waals surface area (Å²) in [7, 11) is 0. The molecule has 248 valence electrons. The third-order valence-electron chi connectivity index (χ3n) is 11.5. The van der Waals surface area contributed by atoms with Crippen LogP contribution in [0.25, 0.3) is 0 Å². The summed E-state index contributed by atoms with van der Waals surface area (Å²) in [4.78, 5) is 0. The van der Waals surface area contributed by atoms with E-state index in [1.807, 2.05) is 24.3 Å². The molecule has 0 radical (unpaired) electrons. The Morgan fingerprint density at radius 1 is 0.468 bits per heavy atom. The van der Waals surface area contributed by atoms with Crippen LogP contribution >= 0.6 is 0 Å². The van der Waals surface area contributed by atoms with E-state index in [0.717, 1.165) is 72.3 Å². The first-order chi connectivity index (χ1) is 22.1. The molecule has 0 spiro atoms. The van der Waals surface area contributed by atoms with Gasteiger partial charge < -0.3 is 14.9 Å². The summed E-state index contributed by atoms with van der Waals surface area (Å²) in [5.74, 6) is 1.75. The fraction of sp³-hybridized carbons (Fsp3) is 0.455. The zero-order chi connectivity index (χ0) is 33.8. The molecule has 3 heteroatoms. The lowest BCUT2D eigenvalue weighted by atomic mass is 9.61. The highest BCUT2D eigenvalue weighted by Crippen LogP contribution is 2.51. The number of aliphatic hydroxyl groups excluding tert-OH is 2. The number of benzene rings is 4. The van der Waals surface area contributed by atoms with Crippen molar-refractivity contribution in [3.8, 4) is 11.5 Å². The normalized spacial score (nSPS) is 18.7. The van der Waals surface area contributed by atoms with E-state index in [1.54, 1.807) is 0 Å². The molecule has 47 heavy (non-hydrogen) atoms. The second-order valence-corrected chi connectivity index (χ2v) is 16.9. The first-order valence-electron chi connectivity index (χ1n) is 17.5. The number of hydrogen-bond acceptors (Lipinski definition) is 3. The van der Waals surface area contributed by atoms with E-state index in [-0.39, 0.29) is 34.9 Å². The number of fused-ring (bicyclic) bond motifs is 2. The maximum atomic E-state index is 10.2. The van der Waals surface area contributed by atoms with Crippen molar-refractivity contribution in [2.24, 2.45) is 0 Å². The summed E-state index contributed by atoms with van der Waals surface area (Å²) >= 11 is 0. The van der Waals surface area contributed by atoms with Crippen molar-refractivity contribution >= 4 is 0 Å². The van der Waals surface area contributed by atoms with Gasteiger partial charge in [-0.2, -0.15) is 0 Å². The van der Waals surface area contributed by atoms with Gasteiger partial charge in [-0.15, -0.1) is 0 Å². The number of rotatable bonds is 8. The van der Waals surface area contributed by atoms with Crippen molar-refractivity contribution in [3.63, 3.8) is 0 Å². The van der Waals surface area contributed by atoms with Crippen LogP contribution in [0.4, 0.5) is 0 Å². The van der Waals surface area contributed by atoms with Gasteiger partial charge >= 0.3 is 0 Å². The molecule has 6 rings (SSSR count). The average molecular weight is 631 g/mol. The Labute approximate surface area is 283 Å². The van der Waals surface area contributed by atoms with Crippen LogP contribution in [0.1, 0.15) is 137 Å². The average Bonchev–Trinajstić information content (AvgIpc) is 3.02. The van der Waals surface area contributed by atoms with E-state index in [2.05, 4.69) is 104 Å². The van der Waals surface area contributed by atoms with Crippen LogP contribution in [0.15, 0.2) is 72.8 Å². The zero-order valence-corrected chi connectivity index (χ0v) is 29.9. The Kier molecular flexibility index (Phi) is 8.73. The van der Waals surface area contributed by atoms with Gasteiger partial charge in [0, 0.05) is 0 Å². The molecule has 4 aromatic rings. The van der Waals surface area contributed by atoms with Gasteiger partial charge in [0.25, 0.3) is 0 Å². The molecule has 0 fully saturated rings. The van der Waals surface area contributed by atoms with E-state index in [0.29, 0.717) is 0 Å². The fourth-order valence-electron chi connectivity index (χ4n) is 8.49. The summed E-state index contributed by atoms with van der Waals surface area (Å²) in [5, 5.41) is 20.3. The van der Waals surface area contributed by atoms with Crippen molar-refractivity contribution in [3.05, 3.63) is 128 Å². The highest BCUT2D eigenvalue weighted by molar-refractivity contribution is 5.56. The highest BCUT2D eigenvalue weighted by atomic mass is 16.5. The minimum absolute atomic E-state index is 0.0243. The van der Waals surface area contributed by atoms with E-state index in [4.69, 9.17) is 4.74 Å². The molecule has 0 heterocycles. The fourth-order valence-corrected chi connectivity index (χ4v) is 8.49. The Balaban J connectivity index is 1.51. The molecule has 2 aliphatic carbocycles. The van der Waals surface area contributed by atoms with Gasteiger partial charge in [-0.05, 0) is 140 Å². The predicted molar refractivity (Wildman–Crippen MR) is 194 cm³/mol. The Bertz CT molecular complexity index is 1660. The van der Waals surface area contributed by atoms with Crippen LogP contribution < -0.4 is 4.74 Å². The Morgan fingerprint density at radius 2 is 0.809 bits per heavy atom. The van der Waals surface area contributed by atoms with Gasteiger partial charge in [0.1, 0.15) is 11.5 Å².